The highest BCUT2D eigenvalue weighted by Gasteiger charge is 2.33. The van der Waals surface area contributed by atoms with Gasteiger partial charge in [-0.15, -0.1) is 12.4 Å². The van der Waals surface area contributed by atoms with Gasteiger partial charge in [0.2, 0.25) is 5.89 Å². The van der Waals surface area contributed by atoms with Crippen LogP contribution in [0.25, 0.3) is 0 Å². The van der Waals surface area contributed by atoms with Crippen LogP contribution in [0.4, 0.5) is 0 Å². The lowest BCUT2D eigenvalue weighted by Crippen LogP contribution is -2.23. The zero-order valence-electron chi connectivity index (χ0n) is 16.4. The zero-order chi connectivity index (χ0) is 18.5. The molecule has 7 heteroatoms. The van der Waals surface area contributed by atoms with Crippen LogP contribution in [-0.2, 0) is 11.3 Å². The number of hydrogen-bond acceptors (Lipinski definition) is 6. The number of aromatic nitrogens is 2. The molecule has 0 bridgehead atoms. The molecular weight excluding hydrogens is 364 g/mol. The Morgan fingerprint density at radius 2 is 1.96 bits per heavy atom. The van der Waals surface area contributed by atoms with Crippen molar-refractivity contribution in [2.24, 2.45) is 17.6 Å². The summed E-state index contributed by atoms with van der Waals surface area (Å²) in [5.74, 6) is 2.65. The summed E-state index contributed by atoms with van der Waals surface area (Å²) in [6, 6.07) is 10.6. The highest BCUT2D eigenvalue weighted by molar-refractivity contribution is 5.85. The van der Waals surface area contributed by atoms with Gasteiger partial charge in [0.05, 0.1) is 6.54 Å². The van der Waals surface area contributed by atoms with Gasteiger partial charge < -0.3 is 15.0 Å². The molecule has 2 N–H and O–H groups in total. The molecular formula is C20H31ClN4O2. The van der Waals surface area contributed by atoms with Crippen molar-refractivity contribution >= 4 is 12.4 Å². The Morgan fingerprint density at radius 1 is 1.22 bits per heavy atom. The van der Waals surface area contributed by atoms with Crippen LogP contribution >= 0.6 is 12.4 Å². The molecule has 3 rings (SSSR count). The van der Waals surface area contributed by atoms with Crippen LogP contribution < -0.4 is 5.73 Å². The molecule has 1 aliphatic rings. The average Bonchev–Trinajstić information content (AvgIpc) is 3.27. The van der Waals surface area contributed by atoms with Crippen molar-refractivity contribution in [2.45, 2.75) is 39.3 Å². The van der Waals surface area contributed by atoms with Crippen LogP contribution in [0.1, 0.15) is 50.1 Å². The predicted molar refractivity (Wildman–Crippen MR) is 108 cm³/mol. The van der Waals surface area contributed by atoms with Gasteiger partial charge in [0.25, 0.3) is 0 Å². The molecule has 2 aromatic rings. The van der Waals surface area contributed by atoms with Crippen molar-refractivity contribution in [1.29, 1.82) is 0 Å². The molecule has 1 aromatic carbocycles. The smallest absolute Gasteiger partial charge is 0.240 e. The van der Waals surface area contributed by atoms with Crippen molar-refractivity contribution in [3.8, 4) is 0 Å². The highest BCUT2D eigenvalue weighted by Crippen LogP contribution is 2.32. The number of hydrogen-bond donors (Lipinski definition) is 1. The van der Waals surface area contributed by atoms with E-state index in [9.17, 15) is 0 Å². The van der Waals surface area contributed by atoms with Gasteiger partial charge in [0.1, 0.15) is 6.10 Å². The Kier molecular flexibility index (Phi) is 8.23. The first-order valence-corrected chi connectivity index (χ1v) is 9.48. The molecule has 1 aromatic heterocycles. The number of rotatable bonds is 8. The van der Waals surface area contributed by atoms with Gasteiger partial charge in [-0.1, -0.05) is 49.3 Å². The summed E-state index contributed by atoms with van der Waals surface area (Å²) in [7, 11) is 0. The van der Waals surface area contributed by atoms with Crippen LogP contribution in [-0.4, -0.2) is 41.3 Å². The summed E-state index contributed by atoms with van der Waals surface area (Å²) in [6.07, 6.45) is -0.151. The maximum Gasteiger partial charge on any atom is 0.240 e. The van der Waals surface area contributed by atoms with Crippen molar-refractivity contribution in [1.82, 2.24) is 15.0 Å². The minimum atomic E-state index is -0.151. The molecule has 6 nitrogen and oxygen atoms in total. The van der Waals surface area contributed by atoms with Gasteiger partial charge in [0, 0.05) is 25.6 Å². The minimum absolute atomic E-state index is 0. The molecule has 3 atom stereocenters. The molecule has 27 heavy (non-hydrogen) atoms. The second-order valence-corrected chi connectivity index (χ2v) is 7.62. The van der Waals surface area contributed by atoms with Crippen molar-refractivity contribution in [2.75, 3.05) is 26.2 Å². The van der Waals surface area contributed by atoms with E-state index in [0.29, 0.717) is 49.2 Å². The Bertz CT molecular complexity index is 680. The second kappa shape index (κ2) is 10.2. The van der Waals surface area contributed by atoms with Gasteiger partial charge in [-0.2, -0.15) is 4.98 Å². The largest absolute Gasteiger partial charge is 0.370 e. The van der Waals surface area contributed by atoms with E-state index in [-0.39, 0.29) is 18.5 Å². The third kappa shape index (κ3) is 5.75. The normalized spacial score (nSPS) is 21.4. The first-order valence-electron chi connectivity index (χ1n) is 9.48. The molecule has 1 unspecified atom stereocenters. The number of nitrogens with zero attached hydrogens (tertiary/aromatic N) is 3. The monoisotopic (exact) mass is 394 g/mol. The molecule has 0 saturated carbocycles. The highest BCUT2D eigenvalue weighted by atomic mass is 35.5. The molecule has 150 valence electrons. The van der Waals surface area contributed by atoms with E-state index in [1.165, 1.54) is 5.56 Å². The minimum Gasteiger partial charge on any atom is -0.370 e. The van der Waals surface area contributed by atoms with Gasteiger partial charge in [-0.3, -0.25) is 4.90 Å². The van der Waals surface area contributed by atoms with Crippen LogP contribution in [0, 0.1) is 11.8 Å². The van der Waals surface area contributed by atoms with Gasteiger partial charge in [-0.05, 0) is 30.9 Å². The summed E-state index contributed by atoms with van der Waals surface area (Å²) in [5.41, 5.74) is 7.38. The molecule has 2 heterocycles. The van der Waals surface area contributed by atoms with Crippen LogP contribution in [0.3, 0.4) is 0 Å². The molecule has 0 aliphatic carbocycles. The third-order valence-corrected chi connectivity index (χ3v) is 4.93. The maximum absolute atomic E-state index is 6.02. The second-order valence-electron chi connectivity index (χ2n) is 7.62. The van der Waals surface area contributed by atoms with Gasteiger partial charge in [-0.25, -0.2) is 0 Å². The Morgan fingerprint density at radius 3 is 2.63 bits per heavy atom. The van der Waals surface area contributed by atoms with Crippen molar-refractivity contribution < 1.29 is 9.26 Å². The van der Waals surface area contributed by atoms with Crippen molar-refractivity contribution in [3.63, 3.8) is 0 Å². The van der Waals surface area contributed by atoms with E-state index < -0.39 is 0 Å². The lowest BCUT2D eigenvalue weighted by Gasteiger charge is -2.16. The van der Waals surface area contributed by atoms with Crippen LogP contribution in [0.15, 0.2) is 34.9 Å². The quantitative estimate of drug-likeness (QED) is 0.739. The first-order chi connectivity index (χ1) is 12.6. The molecule has 1 saturated heterocycles. The fourth-order valence-corrected chi connectivity index (χ4v) is 3.51. The maximum atomic E-state index is 6.02. The average molecular weight is 395 g/mol. The Labute approximate surface area is 167 Å². The zero-order valence-corrected chi connectivity index (χ0v) is 17.2. The lowest BCUT2D eigenvalue weighted by molar-refractivity contribution is 0.0402. The van der Waals surface area contributed by atoms with Gasteiger partial charge in [0.15, 0.2) is 5.82 Å². The predicted octanol–water partition coefficient (Wildman–Crippen LogP) is 3.40. The first kappa shape index (κ1) is 21.8. The van der Waals surface area contributed by atoms with Crippen LogP contribution in [0.5, 0.6) is 0 Å². The number of likely N-dealkylation sites (tertiary alicyclic amines) is 1. The SMILES string of the molecule is CC(C)COC(C)c1noc(CN2C[C@@H](CN)[C@H](c3ccccc3)C2)n1.Cl. The standard InChI is InChI=1S/C20H30N4O2.ClH/c1-14(2)13-25-15(3)20-22-19(26-23-20)12-24-10-17(9-21)18(11-24)16-7-5-4-6-8-16;/h4-8,14-15,17-18H,9-13,21H2,1-3H3;1H/t15?,17-,18+;/m1./s1. The Hall–Kier alpha value is -1.47. The summed E-state index contributed by atoms with van der Waals surface area (Å²) < 4.78 is 11.2. The number of benzene rings is 1. The van der Waals surface area contributed by atoms with Gasteiger partial charge >= 0.3 is 0 Å². The molecule has 0 spiro atoms. The summed E-state index contributed by atoms with van der Waals surface area (Å²) >= 11 is 0. The number of ether oxygens (including phenoxy) is 1. The number of halogens is 1. The fraction of sp³-hybridized carbons (Fsp3) is 0.600. The molecule has 0 radical (unpaired) electrons. The van der Waals surface area contributed by atoms with Crippen molar-refractivity contribution in [3.05, 3.63) is 47.6 Å². The van der Waals surface area contributed by atoms with E-state index in [1.54, 1.807) is 0 Å². The molecule has 1 fully saturated rings. The summed E-state index contributed by atoms with van der Waals surface area (Å²) in [4.78, 5) is 6.88. The molecule has 0 amide bonds. The number of nitrogens with two attached hydrogens (primary N) is 1. The summed E-state index contributed by atoms with van der Waals surface area (Å²) in [5, 5.41) is 4.09. The lowest BCUT2D eigenvalue weighted by atomic mass is 9.89. The fourth-order valence-electron chi connectivity index (χ4n) is 3.51. The van der Waals surface area contributed by atoms with E-state index in [0.717, 1.165) is 13.1 Å². The van der Waals surface area contributed by atoms with Crippen LogP contribution in [0.2, 0.25) is 0 Å². The summed E-state index contributed by atoms with van der Waals surface area (Å²) in [6.45, 7) is 10.2. The Balaban J connectivity index is 0.00000261. The van der Waals surface area contributed by atoms with E-state index in [4.69, 9.17) is 15.0 Å². The van der Waals surface area contributed by atoms with E-state index >= 15 is 0 Å². The molecule has 1 aliphatic heterocycles. The van der Waals surface area contributed by atoms with E-state index in [1.807, 2.05) is 6.92 Å². The third-order valence-electron chi connectivity index (χ3n) is 4.93. The van der Waals surface area contributed by atoms with E-state index in [2.05, 4.69) is 59.2 Å². The topological polar surface area (TPSA) is 77.4 Å².